The lowest BCUT2D eigenvalue weighted by atomic mass is 10.0. The van der Waals surface area contributed by atoms with Crippen molar-refractivity contribution >= 4 is 57.2 Å². The topological polar surface area (TPSA) is 176 Å². The van der Waals surface area contributed by atoms with E-state index in [2.05, 4.69) is 15.5 Å². The summed E-state index contributed by atoms with van der Waals surface area (Å²) in [5.41, 5.74) is 8.72. The Bertz CT molecular complexity index is 1530. The highest BCUT2D eigenvalue weighted by Crippen LogP contribution is 2.40. The molecule has 0 spiro atoms. The Hall–Kier alpha value is -3.95. The molecule has 1 fully saturated rings. The number of carbonyl (C=O) groups excluding carboxylic acids is 2. The van der Waals surface area contributed by atoms with Crippen LogP contribution >= 0.6 is 23.1 Å². The molecule has 1 saturated heterocycles. The summed E-state index contributed by atoms with van der Waals surface area (Å²) in [4.78, 5) is 48.4. The molecule has 5 rings (SSSR count). The van der Waals surface area contributed by atoms with E-state index in [1.54, 1.807) is 5.38 Å². The first-order valence-corrected chi connectivity index (χ1v) is 13.3. The van der Waals surface area contributed by atoms with Crippen LogP contribution in [-0.2, 0) is 32.4 Å². The molecule has 3 aromatic rings. The number of hydrogen-bond acceptors (Lipinski definition) is 10. The molecule has 38 heavy (non-hydrogen) atoms. The number of oxime groups is 1. The van der Waals surface area contributed by atoms with Gasteiger partial charge in [-0.25, -0.2) is 9.78 Å². The highest BCUT2D eigenvalue weighted by molar-refractivity contribution is 8.00. The Morgan fingerprint density at radius 2 is 2.18 bits per heavy atom. The zero-order valence-electron chi connectivity index (χ0n) is 20.3. The summed E-state index contributed by atoms with van der Waals surface area (Å²) in [5, 5.41) is 27.1. The molecule has 0 aliphatic carbocycles. The molecule has 2 atom stereocenters. The number of nitrogens with zero attached hydrogens (tertiary/aromatic N) is 5. The minimum Gasteiger partial charge on any atom is -0.477 e. The van der Waals surface area contributed by atoms with Crippen LogP contribution in [0.5, 0.6) is 0 Å². The lowest BCUT2D eigenvalue weighted by Crippen LogP contribution is -2.71. The fraction of sp³-hybridized carbons (Fsp3) is 0.304. The number of β-lactam (4-membered cyclic amide) rings is 1. The number of nitrogen functional groups attached to an aromatic ring is 1. The van der Waals surface area contributed by atoms with Crippen molar-refractivity contribution in [2.24, 2.45) is 5.16 Å². The highest BCUT2D eigenvalue weighted by Gasteiger charge is 2.55. The number of fused-ring (bicyclic) bond motifs is 2. The monoisotopic (exact) mass is 558 g/mol. The Morgan fingerprint density at radius 3 is 2.84 bits per heavy atom. The average molecular weight is 559 g/mol. The Morgan fingerprint density at radius 1 is 1.39 bits per heavy atom. The zero-order valence-corrected chi connectivity index (χ0v) is 22.0. The number of aryl methyl sites for hydroxylation is 1. The summed E-state index contributed by atoms with van der Waals surface area (Å²) in [7, 11) is 1.28. The van der Waals surface area contributed by atoms with Gasteiger partial charge in [0, 0.05) is 29.3 Å². The van der Waals surface area contributed by atoms with Gasteiger partial charge in [0.05, 0.1) is 12.8 Å². The second-order valence-corrected chi connectivity index (χ2v) is 10.6. The van der Waals surface area contributed by atoms with E-state index in [4.69, 9.17) is 10.6 Å². The number of carbonyl (C=O) groups is 3. The number of amides is 2. The van der Waals surface area contributed by atoms with E-state index in [-0.39, 0.29) is 35.4 Å². The van der Waals surface area contributed by atoms with Crippen LogP contribution in [0.25, 0.3) is 5.52 Å². The first kappa shape index (κ1) is 25.7. The second-order valence-electron chi connectivity index (χ2n) is 8.56. The van der Waals surface area contributed by atoms with Gasteiger partial charge in [0.15, 0.2) is 23.6 Å². The van der Waals surface area contributed by atoms with Crippen molar-refractivity contribution in [3.63, 3.8) is 0 Å². The summed E-state index contributed by atoms with van der Waals surface area (Å²) in [6.45, 7) is 2.07. The van der Waals surface area contributed by atoms with Crippen molar-refractivity contribution in [3.8, 4) is 0 Å². The number of aromatic nitrogens is 3. The van der Waals surface area contributed by atoms with E-state index in [9.17, 15) is 24.6 Å². The van der Waals surface area contributed by atoms with Crippen molar-refractivity contribution in [2.75, 3.05) is 18.6 Å². The van der Waals surface area contributed by atoms with Crippen LogP contribution in [0, 0.1) is 6.92 Å². The number of carboxylic acid groups (broad SMARTS) is 1. The van der Waals surface area contributed by atoms with Crippen LogP contribution in [0.1, 0.15) is 17.1 Å². The Labute approximate surface area is 224 Å². The standard InChI is InChI=1S/C23H23N7O6S2/c1-11-15-4-3-13(8-31)29(15)6-5-28(11)7-12-9-37-21-17(20(33)30(21)18(12)22(34)35)26-19(32)16(27-36-2)14-10-38-23(24)25-14/h3-6,10,17,21,31H,7-9H2,1-2H3,(H3-,24,25,26,32,34,35)/p+1/b27-16-/t17-,21+/m1/s1. The van der Waals surface area contributed by atoms with Crippen LogP contribution in [0.2, 0.25) is 0 Å². The van der Waals surface area contributed by atoms with Gasteiger partial charge in [-0.3, -0.25) is 14.5 Å². The third-order valence-corrected chi connectivity index (χ3v) is 8.44. The van der Waals surface area contributed by atoms with Gasteiger partial charge in [0.2, 0.25) is 5.69 Å². The maximum Gasteiger partial charge on any atom is 0.352 e. The molecule has 0 bridgehead atoms. The lowest BCUT2D eigenvalue weighted by Gasteiger charge is -2.49. The molecule has 2 aliphatic rings. The van der Waals surface area contributed by atoms with Crippen molar-refractivity contribution in [1.29, 1.82) is 0 Å². The molecule has 5 heterocycles. The molecule has 3 aromatic heterocycles. The van der Waals surface area contributed by atoms with Gasteiger partial charge >= 0.3 is 5.97 Å². The summed E-state index contributed by atoms with van der Waals surface area (Å²) in [5.74, 6) is -2.08. The number of nitrogens with one attached hydrogen (secondary N) is 1. The number of rotatable bonds is 8. The fourth-order valence-electron chi connectivity index (χ4n) is 4.58. The molecule has 2 aliphatic heterocycles. The Kier molecular flexibility index (Phi) is 6.81. The van der Waals surface area contributed by atoms with Gasteiger partial charge in [-0.05, 0) is 12.1 Å². The number of hydrogen-bond donors (Lipinski definition) is 4. The molecule has 0 aromatic carbocycles. The molecule has 198 valence electrons. The lowest BCUT2D eigenvalue weighted by molar-refractivity contribution is -0.694. The van der Waals surface area contributed by atoms with Gasteiger partial charge in [-0.15, -0.1) is 23.1 Å². The van der Waals surface area contributed by atoms with Crippen LogP contribution < -0.4 is 15.6 Å². The summed E-state index contributed by atoms with van der Waals surface area (Å²) in [6, 6.07) is 2.78. The van der Waals surface area contributed by atoms with E-state index in [1.165, 1.54) is 23.8 Å². The minimum absolute atomic E-state index is 0.0829. The predicted octanol–water partition coefficient (Wildman–Crippen LogP) is -0.144. The highest BCUT2D eigenvalue weighted by atomic mass is 32.2. The first-order chi connectivity index (χ1) is 18.2. The molecule has 0 unspecified atom stereocenters. The van der Waals surface area contributed by atoms with E-state index in [0.29, 0.717) is 11.3 Å². The predicted molar refractivity (Wildman–Crippen MR) is 138 cm³/mol. The summed E-state index contributed by atoms with van der Waals surface area (Å²) in [6.07, 6.45) is 3.62. The number of carboxylic acids is 1. The number of thioether (sulfide) groups is 1. The van der Waals surface area contributed by atoms with Gasteiger partial charge in [-0.1, -0.05) is 5.16 Å². The molecular formula is C23H24N7O6S2+. The molecular weight excluding hydrogens is 534 g/mol. The van der Waals surface area contributed by atoms with Crippen LogP contribution in [0.15, 0.2) is 46.3 Å². The number of anilines is 1. The van der Waals surface area contributed by atoms with E-state index in [0.717, 1.165) is 28.2 Å². The molecule has 0 radical (unpaired) electrons. The average Bonchev–Trinajstić information content (AvgIpc) is 3.52. The van der Waals surface area contributed by atoms with Crippen LogP contribution in [-0.4, -0.2) is 72.3 Å². The van der Waals surface area contributed by atoms with Gasteiger partial charge in [-0.2, -0.15) is 4.57 Å². The molecule has 13 nitrogen and oxygen atoms in total. The number of aliphatic carboxylic acids is 1. The zero-order chi connectivity index (χ0) is 27.1. The van der Waals surface area contributed by atoms with Crippen molar-refractivity contribution in [1.82, 2.24) is 19.6 Å². The van der Waals surface area contributed by atoms with E-state index < -0.39 is 29.2 Å². The SMILES string of the molecule is CO/N=C(\C(=O)N[C@@H]1C(=O)N2C(C(=O)O)=C(C[n+]3ccn4c(CO)ccc4c3C)CS[C@@H]12)c1csc(N)n1. The normalized spacial score (nSPS) is 19.4. The first-order valence-electron chi connectivity index (χ1n) is 11.4. The smallest absolute Gasteiger partial charge is 0.352 e. The van der Waals surface area contributed by atoms with Gasteiger partial charge in [0.1, 0.15) is 35.4 Å². The summed E-state index contributed by atoms with van der Waals surface area (Å²) >= 11 is 2.50. The summed E-state index contributed by atoms with van der Waals surface area (Å²) < 4.78 is 3.78. The van der Waals surface area contributed by atoms with E-state index in [1.807, 2.05) is 40.4 Å². The van der Waals surface area contributed by atoms with Gasteiger partial charge in [0.25, 0.3) is 11.8 Å². The number of aliphatic hydroxyl groups excluding tert-OH is 1. The number of aliphatic hydroxyl groups is 1. The molecule has 5 N–H and O–H groups in total. The van der Waals surface area contributed by atoms with E-state index >= 15 is 0 Å². The maximum atomic E-state index is 13.1. The largest absolute Gasteiger partial charge is 0.477 e. The molecule has 0 saturated carbocycles. The van der Waals surface area contributed by atoms with Crippen molar-refractivity contribution < 1.29 is 34.0 Å². The van der Waals surface area contributed by atoms with Crippen molar-refractivity contribution in [2.45, 2.75) is 31.5 Å². The number of nitrogens with two attached hydrogens (primary N) is 1. The van der Waals surface area contributed by atoms with Crippen LogP contribution in [0.4, 0.5) is 5.13 Å². The molecule has 2 amide bonds. The van der Waals surface area contributed by atoms with Crippen molar-refractivity contribution in [3.05, 3.63) is 58.3 Å². The minimum atomic E-state index is -1.22. The number of thiazole rings is 1. The van der Waals surface area contributed by atoms with Crippen LogP contribution in [0.3, 0.4) is 0 Å². The third kappa shape index (κ3) is 4.27. The Balaban J connectivity index is 1.38. The third-order valence-electron chi connectivity index (χ3n) is 6.42. The van der Waals surface area contributed by atoms with Gasteiger partial charge < -0.3 is 30.5 Å². The fourth-order valence-corrected chi connectivity index (χ4v) is 6.46. The second kappa shape index (κ2) is 10.1. The maximum absolute atomic E-state index is 13.1. The quantitative estimate of drug-likeness (QED) is 0.127. The molecule has 15 heteroatoms.